The highest BCUT2D eigenvalue weighted by molar-refractivity contribution is 7.77. The molecule has 1 aromatic heterocycles. The highest BCUT2D eigenvalue weighted by Gasteiger charge is 2.28. The van der Waals surface area contributed by atoms with Crippen LogP contribution < -0.4 is 30.6 Å². The largest absolute Gasteiger partial charge is 0.350 e. The summed E-state index contributed by atoms with van der Waals surface area (Å²) in [6.07, 6.45) is 8.22. The molecule has 31 heavy (non-hydrogen) atoms. The summed E-state index contributed by atoms with van der Waals surface area (Å²) in [7, 11) is 1.92. The number of fused-ring (bicyclic) bond motifs is 2. The van der Waals surface area contributed by atoms with Gasteiger partial charge in [-0.2, -0.15) is 0 Å². The van der Waals surface area contributed by atoms with Crippen molar-refractivity contribution < 1.29 is 8.76 Å². The second-order valence-electron chi connectivity index (χ2n) is 7.45. The average Bonchev–Trinajstić information content (AvgIpc) is 2.97. The number of hydrogen-bond acceptors (Lipinski definition) is 5. The van der Waals surface area contributed by atoms with E-state index < -0.39 is 11.3 Å². The summed E-state index contributed by atoms with van der Waals surface area (Å²) in [6, 6.07) is 9.84. The quantitative estimate of drug-likeness (QED) is 0.518. The molecule has 0 fully saturated rings. The van der Waals surface area contributed by atoms with Crippen LogP contribution in [-0.4, -0.2) is 38.9 Å². The first-order valence-corrected chi connectivity index (χ1v) is 11.0. The highest BCUT2D eigenvalue weighted by atomic mass is 32.2. The van der Waals surface area contributed by atoms with Gasteiger partial charge in [-0.1, -0.05) is 12.1 Å². The van der Waals surface area contributed by atoms with E-state index >= 15 is 0 Å². The highest BCUT2D eigenvalue weighted by Crippen LogP contribution is 2.37. The van der Waals surface area contributed by atoms with Crippen molar-refractivity contribution in [3.63, 3.8) is 0 Å². The number of pyridine rings is 1. The third-order valence-corrected chi connectivity index (χ3v) is 6.11. The Hall–Kier alpha value is -3.27. The average molecular weight is 436 g/mol. The van der Waals surface area contributed by atoms with Crippen LogP contribution in [0.3, 0.4) is 0 Å². The van der Waals surface area contributed by atoms with Crippen molar-refractivity contribution in [1.82, 2.24) is 14.7 Å². The Morgan fingerprint density at radius 2 is 2.13 bits per heavy atom. The summed E-state index contributed by atoms with van der Waals surface area (Å²) in [6.45, 7) is 0.946. The molecular formula is C22H21N5O3S. The fourth-order valence-corrected chi connectivity index (χ4v) is 4.60. The molecule has 1 aromatic rings. The van der Waals surface area contributed by atoms with Gasteiger partial charge in [-0.3, -0.25) is 9.35 Å². The van der Waals surface area contributed by atoms with E-state index in [9.17, 15) is 9.00 Å². The molecule has 1 unspecified atom stereocenters. The molecule has 8 nitrogen and oxygen atoms in total. The summed E-state index contributed by atoms with van der Waals surface area (Å²) in [4.78, 5) is 24.7. The van der Waals surface area contributed by atoms with Crippen LogP contribution in [0.1, 0.15) is 6.42 Å². The number of aromatic amines is 1. The minimum absolute atomic E-state index is 0.131. The Labute approximate surface area is 181 Å². The summed E-state index contributed by atoms with van der Waals surface area (Å²) in [5.74, 6) is 0.814. The molecule has 9 heteroatoms. The standard InChI is InChI=1S/C22H21N5O3S/c1-26-12-8-14(7-11-24-31(29)30)15-5-6-17-19-16(25-22(28)20(19)21(15)26)9-13-27(17)18-4-2-3-10-23-18/h2-6,8-10,12,24H,7,11,13H2,1H3,(H,25,28)(H,29,30). The number of anilines is 3. The van der Waals surface area contributed by atoms with Crippen molar-refractivity contribution in [2.24, 2.45) is 0 Å². The topological polar surface area (TPSA) is 102 Å². The van der Waals surface area contributed by atoms with Gasteiger partial charge in [0, 0.05) is 48.7 Å². The molecule has 158 valence electrons. The summed E-state index contributed by atoms with van der Waals surface area (Å²) in [5.41, 5.74) is 4.11. The van der Waals surface area contributed by atoms with Crippen molar-refractivity contribution >= 4 is 40.1 Å². The van der Waals surface area contributed by atoms with E-state index in [0.29, 0.717) is 25.1 Å². The molecule has 4 aliphatic rings. The number of aromatic nitrogens is 2. The lowest BCUT2D eigenvalue weighted by Gasteiger charge is -2.26. The van der Waals surface area contributed by atoms with Gasteiger partial charge in [0.05, 0.1) is 16.9 Å². The van der Waals surface area contributed by atoms with Gasteiger partial charge in [0.1, 0.15) is 5.82 Å². The zero-order chi connectivity index (χ0) is 21.5. The maximum absolute atomic E-state index is 13.1. The van der Waals surface area contributed by atoms with E-state index in [4.69, 9.17) is 4.55 Å². The van der Waals surface area contributed by atoms with Gasteiger partial charge in [-0.25, -0.2) is 13.9 Å². The Kier molecular flexibility index (Phi) is 4.93. The second-order valence-corrected chi connectivity index (χ2v) is 8.23. The predicted octanol–water partition coefficient (Wildman–Crippen LogP) is 1.04. The van der Waals surface area contributed by atoms with E-state index in [0.717, 1.165) is 38.9 Å². The van der Waals surface area contributed by atoms with Gasteiger partial charge in [0.15, 0.2) is 0 Å². The number of nitrogens with zero attached hydrogens (tertiary/aromatic N) is 3. The number of hydrogen-bond donors (Lipinski definition) is 3. The second kappa shape index (κ2) is 7.77. The van der Waals surface area contributed by atoms with Gasteiger partial charge in [0.2, 0.25) is 11.3 Å². The van der Waals surface area contributed by atoms with Gasteiger partial charge in [0.25, 0.3) is 5.56 Å². The fraction of sp³-hybridized carbons (Fsp3) is 0.182. The predicted molar refractivity (Wildman–Crippen MR) is 123 cm³/mol. The molecule has 1 atom stereocenters. The minimum atomic E-state index is -2.06. The first kappa shape index (κ1) is 19.7. The number of allylic oxidation sites excluding steroid dienone is 1. The molecule has 0 amide bonds. The Morgan fingerprint density at radius 1 is 1.26 bits per heavy atom. The third kappa shape index (κ3) is 3.36. The lowest BCUT2D eigenvalue weighted by molar-refractivity contribution is 0.550. The van der Waals surface area contributed by atoms with Crippen molar-refractivity contribution in [3.8, 4) is 11.1 Å². The van der Waals surface area contributed by atoms with Crippen LogP contribution in [0.5, 0.6) is 0 Å². The zero-order valence-electron chi connectivity index (χ0n) is 16.8. The van der Waals surface area contributed by atoms with E-state index in [1.54, 1.807) is 6.20 Å². The Balaban J connectivity index is 1.76. The van der Waals surface area contributed by atoms with Crippen LogP contribution in [0.15, 0.2) is 53.6 Å². The van der Waals surface area contributed by atoms with E-state index in [2.05, 4.69) is 19.6 Å². The Morgan fingerprint density at radius 3 is 2.90 bits per heavy atom. The molecule has 0 saturated heterocycles. The first-order chi connectivity index (χ1) is 15.0. The molecule has 0 bridgehead atoms. The van der Waals surface area contributed by atoms with Gasteiger partial charge in [-0.05, 0) is 42.3 Å². The Bertz CT molecular complexity index is 1370. The first-order valence-electron chi connectivity index (χ1n) is 9.91. The van der Waals surface area contributed by atoms with Gasteiger partial charge in [-0.15, -0.1) is 0 Å². The molecule has 0 aromatic carbocycles. The fourth-order valence-electron chi connectivity index (χ4n) is 4.32. The molecule has 0 saturated carbocycles. The summed E-state index contributed by atoms with van der Waals surface area (Å²) >= 11 is -2.06. The smallest absolute Gasteiger partial charge is 0.258 e. The van der Waals surface area contributed by atoms with Gasteiger partial charge < -0.3 is 14.8 Å². The lowest BCUT2D eigenvalue weighted by atomic mass is 10.0. The van der Waals surface area contributed by atoms with E-state index in [1.165, 1.54) is 0 Å². The van der Waals surface area contributed by atoms with E-state index in [-0.39, 0.29) is 5.56 Å². The van der Waals surface area contributed by atoms with Gasteiger partial charge >= 0.3 is 0 Å². The zero-order valence-corrected chi connectivity index (χ0v) is 17.6. The molecule has 3 N–H and O–H groups in total. The number of H-pyrrole nitrogens is 1. The molecular weight excluding hydrogens is 414 g/mol. The number of nitrogens with one attached hydrogen (secondary N) is 2. The molecule has 1 aliphatic carbocycles. The van der Waals surface area contributed by atoms with Crippen LogP contribution in [0.2, 0.25) is 0 Å². The SMILES string of the molecule is CN1C=CC(CCNS(=O)O)=c2ccc3c4c([nH]c(=O)c-4c21)=CCN3c1ccccn1. The van der Waals surface area contributed by atoms with Crippen LogP contribution in [0.25, 0.3) is 22.8 Å². The van der Waals surface area contributed by atoms with Crippen LogP contribution in [-0.2, 0) is 11.3 Å². The molecule has 4 heterocycles. The molecule has 3 aliphatic heterocycles. The van der Waals surface area contributed by atoms with Crippen LogP contribution in [0.4, 0.5) is 17.2 Å². The summed E-state index contributed by atoms with van der Waals surface area (Å²) < 4.78 is 22.5. The van der Waals surface area contributed by atoms with Crippen LogP contribution >= 0.6 is 0 Å². The van der Waals surface area contributed by atoms with Crippen molar-refractivity contribution in [3.05, 3.63) is 69.7 Å². The third-order valence-electron chi connectivity index (χ3n) is 5.66. The normalized spacial score (nSPS) is 15.7. The maximum Gasteiger partial charge on any atom is 0.258 e. The monoisotopic (exact) mass is 435 g/mol. The number of rotatable bonds is 5. The van der Waals surface area contributed by atoms with Crippen molar-refractivity contribution in [1.29, 1.82) is 0 Å². The van der Waals surface area contributed by atoms with Crippen molar-refractivity contribution in [2.75, 3.05) is 29.9 Å². The lowest BCUT2D eigenvalue weighted by Crippen LogP contribution is -2.27. The van der Waals surface area contributed by atoms with Crippen LogP contribution in [0, 0.1) is 0 Å². The molecule has 0 spiro atoms. The molecule has 5 rings (SSSR count). The summed E-state index contributed by atoms with van der Waals surface area (Å²) in [5, 5.41) is 1.75. The molecule has 0 radical (unpaired) electrons. The maximum atomic E-state index is 13.1. The van der Waals surface area contributed by atoms with E-state index in [1.807, 2.05) is 60.6 Å². The minimum Gasteiger partial charge on any atom is -0.350 e. The van der Waals surface area contributed by atoms with Crippen molar-refractivity contribution in [2.45, 2.75) is 6.42 Å².